The highest BCUT2D eigenvalue weighted by atomic mass is 19.3. The Morgan fingerprint density at radius 3 is 2.96 bits per heavy atom. The number of aryl methyl sites for hydroxylation is 2. The van der Waals surface area contributed by atoms with Gasteiger partial charge in [-0.1, -0.05) is 24.3 Å². The highest BCUT2D eigenvalue weighted by Gasteiger charge is 2.25. The topological polar surface area (TPSA) is 59.3 Å². The lowest BCUT2D eigenvalue weighted by Crippen LogP contribution is -2.31. The molecule has 0 radical (unpaired) electrons. The fraction of sp³-hybridized carbons (Fsp3) is 0.316. The van der Waals surface area contributed by atoms with Crippen molar-refractivity contribution >= 4 is 11.6 Å². The van der Waals surface area contributed by atoms with Gasteiger partial charge >= 0.3 is 0 Å². The number of nitrogens with one attached hydrogen (secondary N) is 1. The van der Waals surface area contributed by atoms with Crippen LogP contribution in [0.15, 0.2) is 36.7 Å². The van der Waals surface area contributed by atoms with Gasteiger partial charge in [-0.15, -0.1) is 0 Å². The smallest absolute Gasteiger partial charge is 0.278 e. The first-order valence-electron chi connectivity index (χ1n) is 8.56. The molecular weight excluding hydrogens is 338 g/mol. The summed E-state index contributed by atoms with van der Waals surface area (Å²) in [4.78, 5) is 21.1. The minimum Gasteiger partial charge on any atom is -0.344 e. The molecule has 4 rings (SSSR count). The van der Waals surface area contributed by atoms with Crippen molar-refractivity contribution in [2.24, 2.45) is 0 Å². The number of halogens is 2. The second kappa shape index (κ2) is 6.48. The molecule has 1 aliphatic rings. The van der Waals surface area contributed by atoms with Gasteiger partial charge < -0.3 is 5.32 Å². The van der Waals surface area contributed by atoms with E-state index in [9.17, 15) is 13.6 Å². The van der Waals surface area contributed by atoms with Gasteiger partial charge in [0.2, 0.25) is 0 Å². The predicted octanol–water partition coefficient (Wildman–Crippen LogP) is 3.78. The number of aromatic nitrogens is 3. The van der Waals surface area contributed by atoms with E-state index >= 15 is 0 Å². The van der Waals surface area contributed by atoms with Crippen molar-refractivity contribution in [2.45, 2.75) is 38.7 Å². The molecule has 5 nitrogen and oxygen atoms in total. The highest BCUT2D eigenvalue weighted by Crippen LogP contribution is 2.30. The van der Waals surface area contributed by atoms with Gasteiger partial charge in [0.15, 0.2) is 11.3 Å². The maximum Gasteiger partial charge on any atom is 0.278 e. The van der Waals surface area contributed by atoms with Crippen LogP contribution in [0.1, 0.15) is 58.3 Å². The van der Waals surface area contributed by atoms with E-state index in [1.165, 1.54) is 22.4 Å². The third-order valence-corrected chi connectivity index (χ3v) is 4.77. The van der Waals surface area contributed by atoms with Crippen molar-refractivity contribution in [3.63, 3.8) is 0 Å². The van der Waals surface area contributed by atoms with Crippen molar-refractivity contribution in [2.75, 3.05) is 0 Å². The zero-order chi connectivity index (χ0) is 18.3. The van der Waals surface area contributed by atoms with Gasteiger partial charge in [-0.3, -0.25) is 9.20 Å². The molecule has 0 saturated heterocycles. The number of hydrogen-bond acceptors (Lipinski definition) is 3. The van der Waals surface area contributed by atoms with Crippen LogP contribution < -0.4 is 5.32 Å². The molecule has 7 heteroatoms. The Labute approximate surface area is 149 Å². The van der Waals surface area contributed by atoms with Gasteiger partial charge in [-0.05, 0) is 43.4 Å². The minimum absolute atomic E-state index is 0.0682. The Morgan fingerprint density at radius 2 is 2.15 bits per heavy atom. The molecule has 1 unspecified atom stereocenters. The summed E-state index contributed by atoms with van der Waals surface area (Å²) in [6.45, 7) is 1.62. The fourth-order valence-corrected chi connectivity index (χ4v) is 3.58. The van der Waals surface area contributed by atoms with E-state index in [2.05, 4.69) is 21.4 Å². The number of nitrogens with zero attached hydrogens (tertiary/aromatic N) is 3. The molecule has 3 aromatic rings. The first kappa shape index (κ1) is 16.6. The van der Waals surface area contributed by atoms with E-state index in [1.807, 2.05) is 18.2 Å². The van der Waals surface area contributed by atoms with Crippen LogP contribution in [0.2, 0.25) is 0 Å². The molecule has 0 fully saturated rings. The van der Waals surface area contributed by atoms with Crippen LogP contribution in [0.4, 0.5) is 8.78 Å². The fourth-order valence-electron chi connectivity index (χ4n) is 3.58. The van der Waals surface area contributed by atoms with Gasteiger partial charge in [0, 0.05) is 5.69 Å². The second-order valence-corrected chi connectivity index (χ2v) is 6.53. The average Bonchev–Trinajstić information content (AvgIpc) is 3.05. The number of fused-ring (bicyclic) bond motifs is 2. The van der Waals surface area contributed by atoms with Crippen molar-refractivity contribution < 1.29 is 13.6 Å². The van der Waals surface area contributed by atoms with Crippen LogP contribution in [-0.2, 0) is 6.42 Å². The monoisotopic (exact) mass is 356 g/mol. The first-order valence-corrected chi connectivity index (χ1v) is 8.56. The minimum atomic E-state index is -2.67. The third kappa shape index (κ3) is 2.83. The number of imidazole rings is 1. The largest absolute Gasteiger partial charge is 0.344 e. The van der Waals surface area contributed by atoms with E-state index in [0.717, 1.165) is 24.8 Å². The Bertz CT molecular complexity index is 983. The van der Waals surface area contributed by atoms with Crippen LogP contribution in [0.3, 0.4) is 0 Å². The SMILES string of the molecule is Cc1cc(C(F)F)n2cnc(C(=O)NC3CCCc4ccccc43)c2n1. The molecule has 2 aromatic heterocycles. The highest BCUT2D eigenvalue weighted by molar-refractivity contribution is 5.98. The predicted molar refractivity (Wildman–Crippen MR) is 92.3 cm³/mol. The molecular formula is C19H18F2N4O. The maximum atomic E-state index is 13.2. The molecule has 2 heterocycles. The maximum absolute atomic E-state index is 13.2. The number of rotatable bonds is 3. The lowest BCUT2D eigenvalue weighted by atomic mass is 9.88. The van der Waals surface area contributed by atoms with Crippen LogP contribution in [-0.4, -0.2) is 20.3 Å². The molecule has 0 saturated carbocycles. The second-order valence-electron chi connectivity index (χ2n) is 6.53. The summed E-state index contributed by atoms with van der Waals surface area (Å²) in [6.07, 6.45) is 1.37. The molecule has 1 N–H and O–H groups in total. The van der Waals surface area contributed by atoms with E-state index in [0.29, 0.717) is 5.69 Å². The van der Waals surface area contributed by atoms with Gasteiger partial charge in [0.1, 0.15) is 6.33 Å². The molecule has 0 bridgehead atoms. The molecule has 1 aromatic carbocycles. The summed E-state index contributed by atoms with van der Waals surface area (Å²) in [5.41, 5.74) is 2.76. The lowest BCUT2D eigenvalue weighted by Gasteiger charge is -2.26. The molecule has 134 valence electrons. The summed E-state index contributed by atoms with van der Waals surface area (Å²) in [5, 5.41) is 3.00. The quantitative estimate of drug-likeness (QED) is 0.777. The van der Waals surface area contributed by atoms with Gasteiger partial charge in [-0.2, -0.15) is 0 Å². The van der Waals surface area contributed by atoms with Gasteiger partial charge in [-0.25, -0.2) is 18.7 Å². The molecule has 1 aliphatic carbocycles. The first-order chi connectivity index (χ1) is 12.5. The third-order valence-electron chi connectivity index (χ3n) is 4.77. The molecule has 1 amide bonds. The van der Waals surface area contributed by atoms with Crippen molar-refractivity contribution in [1.82, 2.24) is 19.7 Å². The number of carbonyl (C=O) groups excluding carboxylic acids is 1. The number of benzene rings is 1. The number of amides is 1. The van der Waals surface area contributed by atoms with Crippen molar-refractivity contribution in [3.8, 4) is 0 Å². The van der Waals surface area contributed by atoms with Crippen LogP contribution in [0.5, 0.6) is 0 Å². The van der Waals surface area contributed by atoms with Crippen LogP contribution in [0.25, 0.3) is 5.65 Å². The number of carbonyl (C=O) groups is 1. The Kier molecular flexibility index (Phi) is 4.14. The van der Waals surface area contributed by atoms with E-state index in [4.69, 9.17) is 0 Å². The molecule has 0 spiro atoms. The summed E-state index contributed by atoms with van der Waals surface area (Å²) in [6, 6.07) is 9.23. The van der Waals surface area contributed by atoms with E-state index in [-0.39, 0.29) is 23.1 Å². The summed E-state index contributed by atoms with van der Waals surface area (Å²) >= 11 is 0. The zero-order valence-corrected chi connectivity index (χ0v) is 14.2. The normalized spacial score (nSPS) is 16.7. The average molecular weight is 356 g/mol. The van der Waals surface area contributed by atoms with E-state index in [1.54, 1.807) is 6.92 Å². The zero-order valence-electron chi connectivity index (χ0n) is 14.2. The lowest BCUT2D eigenvalue weighted by molar-refractivity contribution is 0.0929. The standard InChI is InChI=1S/C19H18F2N4O/c1-11-9-15(17(20)21)25-10-22-16(18(25)23-11)19(26)24-14-8-4-6-12-5-2-3-7-13(12)14/h2-3,5,7,9-10,14,17H,4,6,8H2,1H3,(H,24,26). The Balaban J connectivity index is 1.68. The van der Waals surface area contributed by atoms with Crippen LogP contribution >= 0.6 is 0 Å². The van der Waals surface area contributed by atoms with Gasteiger partial charge in [0.05, 0.1) is 11.7 Å². The summed E-state index contributed by atoms with van der Waals surface area (Å²) in [7, 11) is 0. The van der Waals surface area contributed by atoms with Gasteiger partial charge in [0.25, 0.3) is 12.3 Å². The molecule has 0 aliphatic heterocycles. The number of alkyl halides is 2. The van der Waals surface area contributed by atoms with E-state index < -0.39 is 12.3 Å². The number of hydrogen-bond donors (Lipinski definition) is 1. The Morgan fingerprint density at radius 1 is 1.35 bits per heavy atom. The van der Waals surface area contributed by atoms with Crippen molar-refractivity contribution in [1.29, 1.82) is 0 Å². The molecule has 1 atom stereocenters. The molecule has 26 heavy (non-hydrogen) atoms. The summed E-state index contributed by atoms with van der Waals surface area (Å²) in [5.74, 6) is -0.396. The van der Waals surface area contributed by atoms with Crippen molar-refractivity contribution in [3.05, 3.63) is 64.9 Å². The summed E-state index contributed by atoms with van der Waals surface area (Å²) < 4.78 is 27.7. The Hall–Kier alpha value is -2.83. The van der Waals surface area contributed by atoms with Crippen LogP contribution in [0, 0.1) is 6.92 Å².